The van der Waals surface area contributed by atoms with Crippen LogP contribution in [0.5, 0.6) is 5.75 Å². The van der Waals surface area contributed by atoms with Gasteiger partial charge in [0, 0.05) is 34.9 Å². The molecular weight excluding hydrogens is 445 g/mol. The number of alkyl halides is 2. The minimum atomic E-state index is -2.94. The number of hydrogen-bond acceptors (Lipinski definition) is 4. The summed E-state index contributed by atoms with van der Waals surface area (Å²) in [6.07, 6.45) is 1.40. The number of imidazole rings is 1. The van der Waals surface area contributed by atoms with Gasteiger partial charge in [-0.05, 0) is 30.0 Å². The Balaban J connectivity index is 1.52. The number of pyridine rings is 1. The summed E-state index contributed by atoms with van der Waals surface area (Å²) in [7, 11) is 0. The number of hydrogen-bond donors (Lipinski definition) is 1. The molecule has 1 amide bonds. The van der Waals surface area contributed by atoms with Crippen LogP contribution in [0.15, 0.2) is 54.7 Å². The fraction of sp³-hybridized carbons (Fsp3) is 0.240. The van der Waals surface area contributed by atoms with Crippen LogP contribution in [0.25, 0.3) is 22.2 Å². The van der Waals surface area contributed by atoms with Gasteiger partial charge in [0.2, 0.25) is 0 Å². The lowest BCUT2D eigenvalue weighted by atomic mass is 9.99. The first-order chi connectivity index (χ1) is 16.3. The molecule has 0 bridgehead atoms. The van der Waals surface area contributed by atoms with E-state index in [1.807, 2.05) is 4.57 Å². The van der Waals surface area contributed by atoms with E-state index in [2.05, 4.69) is 11.9 Å². The van der Waals surface area contributed by atoms with E-state index in [0.29, 0.717) is 33.6 Å². The SMILES string of the molecule is C[C@@H]1[C@@H]2c3nc4cc(F)c(-c5ccc(C(N)=O)nc5)cc4n3[C@@H](c3ccccc3OC(F)F)[C@H]12. The molecule has 4 aromatic rings. The molecule has 0 spiro atoms. The van der Waals surface area contributed by atoms with Crippen molar-refractivity contribution in [1.82, 2.24) is 14.5 Å². The Morgan fingerprint density at radius 3 is 2.68 bits per heavy atom. The fourth-order valence-corrected chi connectivity index (χ4v) is 5.41. The van der Waals surface area contributed by atoms with Gasteiger partial charge in [-0.15, -0.1) is 0 Å². The summed E-state index contributed by atoms with van der Waals surface area (Å²) in [5.74, 6) is 0.489. The van der Waals surface area contributed by atoms with Crippen LogP contribution in [0.4, 0.5) is 13.2 Å². The molecule has 172 valence electrons. The lowest BCUT2D eigenvalue weighted by Crippen LogP contribution is -2.15. The van der Waals surface area contributed by atoms with Crippen LogP contribution in [0.1, 0.15) is 40.8 Å². The van der Waals surface area contributed by atoms with E-state index in [1.165, 1.54) is 24.4 Å². The summed E-state index contributed by atoms with van der Waals surface area (Å²) < 4.78 is 48.1. The Labute approximate surface area is 192 Å². The number of primary amides is 1. The van der Waals surface area contributed by atoms with Crippen molar-refractivity contribution in [3.63, 3.8) is 0 Å². The second kappa shape index (κ2) is 7.31. The molecule has 6 nitrogen and oxygen atoms in total. The molecule has 1 aliphatic heterocycles. The Morgan fingerprint density at radius 1 is 1.18 bits per heavy atom. The first kappa shape index (κ1) is 20.7. The third-order valence-electron chi connectivity index (χ3n) is 6.97. The average Bonchev–Trinajstić information content (AvgIpc) is 3.15. The number of amides is 1. The van der Waals surface area contributed by atoms with E-state index in [0.717, 1.165) is 5.82 Å². The van der Waals surface area contributed by atoms with Crippen molar-refractivity contribution >= 4 is 16.9 Å². The number of para-hydroxylation sites is 1. The predicted octanol–water partition coefficient (Wildman–Crippen LogP) is 4.89. The summed E-state index contributed by atoms with van der Waals surface area (Å²) in [6, 6.07) is 12.6. The number of ether oxygens (including phenoxy) is 1. The van der Waals surface area contributed by atoms with Crippen LogP contribution in [-0.4, -0.2) is 27.1 Å². The van der Waals surface area contributed by atoms with Crippen molar-refractivity contribution in [3.05, 3.63) is 77.6 Å². The molecule has 1 aliphatic carbocycles. The van der Waals surface area contributed by atoms with Gasteiger partial charge in [-0.25, -0.2) is 9.37 Å². The molecule has 3 heterocycles. The average molecular weight is 464 g/mol. The van der Waals surface area contributed by atoms with Gasteiger partial charge < -0.3 is 15.0 Å². The highest BCUT2D eigenvalue weighted by Gasteiger charge is 2.61. The third kappa shape index (κ3) is 2.99. The number of carbonyl (C=O) groups excluding carboxylic acids is 1. The predicted molar refractivity (Wildman–Crippen MR) is 118 cm³/mol. The van der Waals surface area contributed by atoms with Crippen LogP contribution in [0, 0.1) is 17.7 Å². The van der Waals surface area contributed by atoms with Gasteiger partial charge in [0.25, 0.3) is 5.91 Å². The molecule has 0 unspecified atom stereocenters. The van der Waals surface area contributed by atoms with Gasteiger partial charge in [-0.3, -0.25) is 9.78 Å². The van der Waals surface area contributed by atoms with Gasteiger partial charge in [0.1, 0.15) is 23.1 Å². The molecule has 1 fully saturated rings. The third-order valence-corrected chi connectivity index (χ3v) is 6.97. The Bertz CT molecular complexity index is 1450. The van der Waals surface area contributed by atoms with Gasteiger partial charge in [0.05, 0.1) is 17.1 Å². The number of nitrogens with zero attached hydrogens (tertiary/aromatic N) is 3. The van der Waals surface area contributed by atoms with Crippen molar-refractivity contribution in [3.8, 4) is 16.9 Å². The van der Waals surface area contributed by atoms with Crippen LogP contribution >= 0.6 is 0 Å². The normalized spacial score (nSPS) is 22.6. The highest BCUT2D eigenvalue weighted by molar-refractivity contribution is 5.91. The summed E-state index contributed by atoms with van der Waals surface area (Å²) in [5, 5.41) is 0. The molecule has 1 saturated carbocycles. The lowest BCUT2D eigenvalue weighted by molar-refractivity contribution is -0.0507. The van der Waals surface area contributed by atoms with E-state index >= 15 is 4.39 Å². The summed E-state index contributed by atoms with van der Waals surface area (Å²) in [5.41, 5.74) is 7.95. The van der Waals surface area contributed by atoms with Crippen LogP contribution in [0.2, 0.25) is 0 Å². The van der Waals surface area contributed by atoms with Crippen molar-refractivity contribution in [2.24, 2.45) is 17.6 Å². The molecule has 2 aromatic carbocycles. The maximum Gasteiger partial charge on any atom is 0.387 e. The monoisotopic (exact) mass is 464 g/mol. The lowest BCUT2D eigenvalue weighted by Gasteiger charge is -2.22. The number of fused-ring (bicyclic) bond motifs is 5. The first-order valence-corrected chi connectivity index (χ1v) is 10.9. The molecule has 2 N–H and O–H groups in total. The van der Waals surface area contributed by atoms with Gasteiger partial charge in [0.15, 0.2) is 0 Å². The second-order valence-corrected chi connectivity index (χ2v) is 8.78. The van der Waals surface area contributed by atoms with Crippen LogP contribution < -0.4 is 10.5 Å². The van der Waals surface area contributed by atoms with Gasteiger partial charge >= 0.3 is 6.61 Å². The highest BCUT2D eigenvalue weighted by Crippen LogP contribution is 2.66. The molecule has 0 saturated heterocycles. The van der Waals surface area contributed by atoms with Crippen molar-refractivity contribution in [2.45, 2.75) is 25.5 Å². The maximum atomic E-state index is 15.1. The first-order valence-electron chi connectivity index (χ1n) is 10.9. The van der Waals surface area contributed by atoms with Crippen molar-refractivity contribution in [1.29, 1.82) is 0 Å². The zero-order valence-electron chi connectivity index (χ0n) is 18.0. The largest absolute Gasteiger partial charge is 0.434 e. The molecule has 0 radical (unpaired) electrons. The number of rotatable bonds is 5. The van der Waals surface area contributed by atoms with E-state index in [1.54, 1.807) is 30.3 Å². The Hall–Kier alpha value is -3.88. The van der Waals surface area contributed by atoms with E-state index in [9.17, 15) is 13.6 Å². The van der Waals surface area contributed by atoms with Gasteiger partial charge in [-0.1, -0.05) is 31.2 Å². The Morgan fingerprint density at radius 2 is 1.97 bits per heavy atom. The summed E-state index contributed by atoms with van der Waals surface area (Å²) in [4.78, 5) is 20.1. The number of benzene rings is 2. The quantitative estimate of drug-likeness (QED) is 0.456. The molecule has 9 heteroatoms. The highest BCUT2D eigenvalue weighted by atomic mass is 19.3. The summed E-state index contributed by atoms with van der Waals surface area (Å²) >= 11 is 0. The molecule has 6 rings (SSSR count). The van der Waals surface area contributed by atoms with E-state index in [4.69, 9.17) is 15.5 Å². The zero-order chi connectivity index (χ0) is 23.7. The number of nitrogens with two attached hydrogens (primary N) is 1. The second-order valence-electron chi connectivity index (χ2n) is 8.78. The standard InChI is InChI=1S/C25H19F3N4O2/c1-11-20-21(11)24-31-17-9-15(26)14(12-6-7-16(23(29)33)30-10-12)8-18(17)32(24)22(20)13-4-2-3-5-19(13)34-25(27)28/h2-11,20-22,25H,1H3,(H2,29,33)/t11-,20+,21-,22-/m0/s1. The van der Waals surface area contributed by atoms with Crippen molar-refractivity contribution < 1.29 is 22.7 Å². The smallest absolute Gasteiger partial charge is 0.387 e. The van der Waals surface area contributed by atoms with Gasteiger partial charge in [-0.2, -0.15) is 8.78 Å². The molecule has 34 heavy (non-hydrogen) atoms. The van der Waals surface area contributed by atoms with E-state index in [-0.39, 0.29) is 29.3 Å². The Kier molecular flexibility index (Phi) is 4.45. The van der Waals surface area contributed by atoms with Crippen LogP contribution in [-0.2, 0) is 0 Å². The minimum absolute atomic E-state index is 0.0836. The molecule has 4 atom stereocenters. The molecule has 2 aliphatic rings. The maximum absolute atomic E-state index is 15.1. The topological polar surface area (TPSA) is 83.0 Å². The zero-order valence-corrected chi connectivity index (χ0v) is 18.0. The minimum Gasteiger partial charge on any atom is -0.434 e. The summed E-state index contributed by atoms with van der Waals surface area (Å²) in [6.45, 7) is -0.828. The number of halogens is 3. The van der Waals surface area contributed by atoms with Crippen LogP contribution in [0.3, 0.4) is 0 Å². The number of carbonyl (C=O) groups is 1. The molecular formula is C25H19F3N4O2. The van der Waals surface area contributed by atoms with Crippen molar-refractivity contribution in [2.75, 3.05) is 0 Å². The van der Waals surface area contributed by atoms with E-state index < -0.39 is 18.3 Å². The fourth-order valence-electron chi connectivity index (χ4n) is 5.41. The molecule has 2 aromatic heterocycles. The number of aromatic nitrogens is 3.